The second-order valence-corrected chi connectivity index (χ2v) is 11.7. The molecule has 204 valence electrons. The average Bonchev–Trinajstić information content (AvgIpc) is 3.61. The fourth-order valence-corrected chi connectivity index (χ4v) is 7.28. The van der Waals surface area contributed by atoms with Crippen LogP contribution in [0.15, 0.2) is 152 Å². The summed E-state index contributed by atoms with van der Waals surface area (Å²) in [5.74, 6) is 0. The third kappa shape index (κ3) is 4.40. The van der Waals surface area contributed by atoms with Gasteiger partial charge in [-0.3, -0.25) is 4.68 Å². The number of hydrogen-bond acceptors (Lipinski definition) is 3. The molecule has 0 aliphatic carbocycles. The molecule has 0 unspecified atom stereocenters. The SMILES string of the molecule is N=C(/C=C\Nn1c2ccccc2c2ccc(-c3ccccc3)cc21)c1cccc(-c2cccc3c2sc2ccccc23)c1. The minimum absolute atomic E-state index is 0.448. The molecular formula is C39H27N3S. The molecule has 0 aliphatic heterocycles. The summed E-state index contributed by atoms with van der Waals surface area (Å²) in [6.07, 6.45) is 3.70. The number of fused-ring (bicyclic) bond motifs is 6. The van der Waals surface area contributed by atoms with Crippen LogP contribution < -0.4 is 5.43 Å². The van der Waals surface area contributed by atoms with Crippen molar-refractivity contribution >= 4 is 59.0 Å². The van der Waals surface area contributed by atoms with Crippen LogP contribution in [0.25, 0.3) is 64.2 Å². The van der Waals surface area contributed by atoms with Crippen molar-refractivity contribution in [2.75, 3.05) is 5.43 Å². The van der Waals surface area contributed by atoms with E-state index in [1.165, 1.54) is 47.6 Å². The molecule has 8 aromatic rings. The number of benzene rings is 6. The second-order valence-electron chi connectivity index (χ2n) is 10.7. The lowest BCUT2D eigenvalue weighted by atomic mass is 9.99. The van der Waals surface area contributed by atoms with E-state index in [0.717, 1.165) is 22.2 Å². The van der Waals surface area contributed by atoms with Gasteiger partial charge in [0.15, 0.2) is 0 Å². The van der Waals surface area contributed by atoms with Gasteiger partial charge in [-0.1, -0.05) is 115 Å². The Morgan fingerprint density at radius 3 is 2.21 bits per heavy atom. The first-order chi connectivity index (χ1) is 21.2. The van der Waals surface area contributed by atoms with Gasteiger partial charge in [-0.25, -0.2) is 0 Å². The van der Waals surface area contributed by atoms with E-state index < -0.39 is 0 Å². The van der Waals surface area contributed by atoms with Gasteiger partial charge in [0.05, 0.1) is 16.7 Å². The van der Waals surface area contributed by atoms with Crippen molar-refractivity contribution in [1.82, 2.24) is 4.68 Å². The van der Waals surface area contributed by atoms with E-state index in [0.29, 0.717) is 5.71 Å². The molecule has 0 aliphatic rings. The molecule has 2 aromatic heterocycles. The number of thiophene rings is 1. The van der Waals surface area contributed by atoms with Gasteiger partial charge >= 0.3 is 0 Å². The predicted molar refractivity (Wildman–Crippen MR) is 185 cm³/mol. The van der Waals surface area contributed by atoms with Crippen LogP contribution in [0.1, 0.15) is 5.56 Å². The Kier molecular flexibility index (Phi) is 6.13. The molecule has 2 heterocycles. The largest absolute Gasteiger partial charge is 0.301 e. The Balaban J connectivity index is 1.12. The van der Waals surface area contributed by atoms with Crippen molar-refractivity contribution in [3.63, 3.8) is 0 Å². The number of hydrogen-bond donors (Lipinski definition) is 2. The zero-order valence-corrected chi connectivity index (χ0v) is 24.1. The molecule has 6 aromatic carbocycles. The molecule has 4 heteroatoms. The number of nitrogens with zero attached hydrogens (tertiary/aromatic N) is 1. The van der Waals surface area contributed by atoms with Crippen LogP contribution in [0.4, 0.5) is 0 Å². The molecule has 0 radical (unpaired) electrons. The highest BCUT2D eigenvalue weighted by molar-refractivity contribution is 7.26. The van der Waals surface area contributed by atoms with Crippen molar-refractivity contribution in [3.05, 3.63) is 157 Å². The zero-order valence-electron chi connectivity index (χ0n) is 23.3. The molecule has 8 rings (SSSR count). The molecular weight excluding hydrogens is 543 g/mol. The summed E-state index contributed by atoms with van der Waals surface area (Å²) in [5, 5.41) is 13.9. The number of nitrogens with one attached hydrogen (secondary N) is 2. The first-order valence-corrected chi connectivity index (χ1v) is 15.2. The van der Waals surface area contributed by atoms with E-state index in [9.17, 15) is 0 Å². The van der Waals surface area contributed by atoms with Gasteiger partial charge in [-0.2, -0.15) is 0 Å². The smallest absolute Gasteiger partial charge is 0.0715 e. The average molecular weight is 570 g/mol. The maximum atomic E-state index is 8.91. The summed E-state index contributed by atoms with van der Waals surface area (Å²) in [6.45, 7) is 0. The Labute approximate surface area is 253 Å². The summed E-state index contributed by atoms with van der Waals surface area (Å²) in [7, 11) is 0. The minimum atomic E-state index is 0.448. The highest BCUT2D eigenvalue weighted by atomic mass is 32.1. The fraction of sp³-hybridized carbons (Fsp3) is 0. The lowest BCUT2D eigenvalue weighted by Gasteiger charge is -2.09. The Morgan fingerprint density at radius 1 is 0.581 bits per heavy atom. The summed E-state index contributed by atoms with van der Waals surface area (Å²) in [5.41, 5.74) is 11.7. The van der Waals surface area contributed by atoms with Crippen molar-refractivity contribution in [1.29, 1.82) is 5.41 Å². The summed E-state index contributed by atoms with van der Waals surface area (Å²) in [6, 6.07) is 48.9. The number of para-hydroxylation sites is 1. The van der Waals surface area contributed by atoms with Crippen LogP contribution in [0.5, 0.6) is 0 Å². The first kappa shape index (κ1) is 25.3. The van der Waals surface area contributed by atoms with Gasteiger partial charge in [0.25, 0.3) is 0 Å². The van der Waals surface area contributed by atoms with Gasteiger partial charge in [-0.05, 0) is 52.6 Å². The first-order valence-electron chi connectivity index (χ1n) is 14.4. The lowest BCUT2D eigenvalue weighted by molar-refractivity contribution is 1.05. The number of aromatic nitrogens is 1. The fourth-order valence-electron chi connectivity index (χ4n) is 6.04. The summed E-state index contributed by atoms with van der Waals surface area (Å²) >= 11 is 1.83. The van der Waals surface area contributed by atoms with E-state index in [1.54, 1.807) is 0 Å². The molecule has 0 saturated heterocycles. The maximum Gasteiger partial charge on any atom is 0.0715 e. The molecule has 3 nitrogen and oxygen atoms in total. The van der Waals surface area contributed by atoms with Crippen LogP contribution >= 0.6 is 11.3 Å². The Hall–Kier alpha value is -5.45. The standard InChI is InChI=1S/C39H27N3S/c40-35(29-13-8-12-28(24-29)30-16-9-17-34-33-15-5-7-19-38(33)43-39(30)34)22-23-41-42-36-18-6-4-14-31(36)32-21-20-27(25-37(32)42)26-10-2-1-3-11-26/h1-25,40-41H/b23-22-,40-35?. The van der Waals surface area contributed by atoms with Gasteiger partial charge < -0.3 is 10.8 Å². The van der Waals surface area contributed by atoms with Crippen LogP contribution in [-0.4, -0.2) is 10.4 Å². The molecule has 0 amide bonds. The van der Waals surface area contributed by atoms with E-state index in [4.69, 9.17) is 5.41 Å². The van der Waals surface area contributed by atoms with E-state index >= 15 is 0 Å². The second kappa shape index (κ2) is 10.4. The van der Waals surface area contributed by atoms with Gasteiger partial charge in [0.1, 0.15) is 0 Å². The topological polar surface area (TPSA) is 40.8 Å². The van der Waals surface area contributed by atoms with Crippen molar-refractivity contribution in [2.45, 2.75) is 0 Å². The monoisotopic (exact) mass is 569 g/mol. The summed E-state index contributed by atoms with van der Waals surface area (Å²) < 4.78 is 4.69. The molecule has 0 bridgehead atoms. The number of rotatable bonds is 6. The van der Waals surface area contributed by atoms with Crippen LogP contribution in [0, 0.1) is 5.41 Å². The van der Waals surface area contributed by atoms with Crippen LogP contribution in [0.2, 0.25) is 0 Å². The van der Waals surface area contributed by atoms with Crippen molar-refractivity contribution in [2.24, 2.45) is 0 Å². The summed E-state index contributed by atoms with van der Waals surface area (Å²) in [4.78, 5) is 0. The van der Waals surface area contributed by atoms with E-state index in [-0.39, 0.29) is 0 Å². The van der Waals surface area contributed by atoms with Crippen molar-refractivity contribution in [3.8, 4) is 22.3 Å². The molecule has 0 saturated carbocycles. The number of allylic oxidation sites excluding steroid dienone is 1. The predicted octanol–water partition coefficient (Wildman–Crippen LogP) is 10.6. The maximum absolute atomic E-state index is 8.91. The van der Waals surface area contributed by atoms with Crippen molar-refractivity contribution < 1.29 is 0 Å². The molecule has 43 heavy (non-hydrogen) atoms. The zero-order chi connectivity index (χ0) is 28.8. The van der Waals surface area contributed by atoms with Gasteiger partial charge in [0.2, 0.25) is 0 Å². The van der Waals surface area contributed by atoms with E-state index in [1.807, 2.05) is 41.8 Å². The molecule has 0 fully saturated rings. The van der Waals surface area contributed by atoms with E-state index in [2.05, 4.69) is 131 Å². The third-order valence-corrected chi connectivity index (χ3v) is 9.34. The normalized spacial score (nSPS) is 11.7. The molecule has 0 spiro atoms. The minimum Gasteiger partial charge on any atom is -0.301 e. The molecule has 0 atom stereocenters. The lowest BCUT2D eigenvalue weighted by Crippen LogP contribution is -2.08. The highest BCUT2D eigenvalue weighted by Crippen LogP contribution is 2.40. The van der Waals surface area contributed by atoms with Gasteiger partial charge in [-0.15, -0.1) is 11.3 Å². The third-order valence-electron chi connectivity index (χ3n) is 8.12. The quantitative estimate of drug-likeness (QED) is 0.192. The van der Waals surface area contributed by atoms with Crippen LogP contribution in [-0.2, 0) is 0 Å². The Morgan fingerprint density at radius 2 is 1.30 bits per heavy atom. The molecule has 2 N–H and O–H groups in total. The van der Waals surface area contributed by atoms with Crippen LogP contribution in [0.3, 0.4) is 0 Å². The highest BCUT2D eigenvalue weighted by Gasteiger charge is 2.12. The van der Waals surface area contributed by atoms with Gasteiger partial charge in [0, 0.05) is 42.7 Å². The Bertz CT molecular complexity index is 2340.